The van der Waals surface area contributed by atoms with Crippen LogP contribution in [0.25, 0.3) is 0 Å². The van der Waals surface area contributed by atoms with E-state index in [2.05, 4.69) is 11.9 Å². The largest absolute Gasteiger partial charge is 0.445 e. The molecule has 1 aromatic rings. The van der Waals surface area contributed by atoms with E-state index in [0.29, 0.717) is 12.5 Å². The summed E-state index contributed by atoms with van der Waals surface area (Å²) in [6.45, 7) is 2.82. The molecule has 0 aromatic carbocycles. The van der Waals surface area contributed by atoms with Crippen molar-refractivity contribution in [2.24, 2.45) is 11.7 Å². The molecule has 0 amide bonds. The first-order chi connectivity index (χ1) is 6.31. The third-order valence-corrected chi connectivity index (χ3v) is 2.71. The van der Waals surface area contributed by atoms with Gasteiger partial charge in [-0.2, -0.15) is 0 Å². The summed E-state index contributed by atoms with van der Waals surface area (Å²) >= 11 is 0. The summed E-state index contributed by atoms with van der Waals surface area (Å²) < 4.78 is 5.60. The Labute approximate surface area is 78.3 Å². The Bertz CT molecular complexity index is 278. The van der Waals surface area contributed by atoms with E-state index in [4.69, 9.17) is 10.2 Å². The van der Waals surface area contributed by atoms with Gasteiger partial charge in [-0.3, -0.25) is 0 Å². The zero-order chi connectivity index (χ0) is 9.26. The van der Waals surface area contributed by atoms with Gasteiger partial charge in [0.1, 0.15) is 5.76 Å². The Morgan fingerprint density at radius 3 is 3.08 bits per heavy atom. The Morgan fingerprint density at radius 1 is 1.69 bits per heavy atom. The minimum Gasteiger partial charge on any atom is -0.445 e. The van der Waals surface area contributed by atoms with Crippen LogP contribution >= 0.6 is 0 Å². The first-order valence-corrected chi connectivity index (χ1v) is 4.96. The molecular formula is C10H16N2O. The molecular weight excluding hydrogens is 164 g/mol. The molecule has 72 valence electrons. The Hall–Kier alpha value is -0.830. The highest BCUT2D eigenvalue weighted by atomic mass is 16.4. The monoisotopic (exact) mass is 180 g/mol. The highest BCUT2D eigenvalue weighted by Crippen LogP contribution is 2.42. The van der Waals surface area contributed by atoms with Crippen LogP contribution in [0.3, 0.4) is 0 Å². The quantitative estimate of drug-likeness (QED) is 0.767. The highest BCUT2D eigenvalue weighted by Gasteiger charge is 2.31. The van der Waals surface area contributed by atoms with Gasteiger partial charge in [0.25, 0.3) is 0 Å². The number of rotatable bonds is 4. The minimum atomic E-state index is 0.541. The van der Waals surface area contributed by atoms with Crippen LogP contribution in [0.4, 0.5) is 0 Å². The molecule has 1 atom stereocenters. The number of oxazole rings is 1. The zero-order valence-electron chi connectivity index (χ0n) is 7.99. The van der Waals surface area contributed by atoms with Gasteiger partial charge in [0.05, 0.1) is 6.20 Å². The summed E-state index contributed by atoms with van der Waals surface area (Å²) in [5.41, 5.74) is 5.42. The lowest BCUT2D eigenvalue weighted by atomic mass is 10.0. The van der Waals surface area contributed by atoms with Crippen molar-refractivity contribution >= 4 is 0 Å². The molecule has 1 aliphatic rings. The van der Waals surface area contributed by atoms with Crippen LogP contribution in [0.2, 0.25) is 0 Å². The van der Waals surface area contributed by atoms with Crippen molar-refractivity contribution in [1.29, 1.82) is 0 Å². The number of nitrogens with two attached hydrogens (primary N) is 1. The lowest BCUT2D eigenvalue weighted by molar-refractivity contribution is 0.417. The fourth-order valence-electron chi connectivity index (χ4n) is 1.60. The molecule has 0 aliphatic heterocycles. The summed E-state index contributed by atoms with van der Waals surface area (Å²) in [6.07, 6.45) is 5.29. The van der Waals surface area contributed by atoms with Crippen LogP contribution in [-0.2, 0) is 6.42 Å². The topological polar surface area (TPSA) is 52.0 Å². The van der Waals surface area contributed by atoms with E-state index >= 15 is 0 Å². The molecule has 1 saturated carbocycles. The van der Waals surface area contributed by atoms with Gasteiger partial charge in [-0.1, -0.05) is 6.92 Å². The molecule has 1 aliphatic carbocycles. The predicted molar refractivity (Wildman–Crippen MR) is 50.4 cm³/mol. The molecule has 1 aromatic heterocycles. The van der Waals surface area contributed by atoms with Gasteiger partial charge in [0, 0.05) is 18.9 Å². The van der Waals surface area contributed by atoms with Crippen molar-refractivity contribution in [3.8, 4) is 0 Å². The molecule has 1 unspecified atom stereocenters. The Kier molecular flexibility index (Phi) is 2.36. The molecule has 0 saturated heterocycles. The van der Waals surface area contributed by atoms with Crippen LogP contribution in [0, 0.1) is 5.92 Å². The normalized spacial score (nSPS) is 18.9. The zero-order valence-corrected chi connectivity index (χ0v) is 7.99. The van der Waals surface area contributed by atoms with Gasteiger partial charge in [0.15, 0.2) is 5.89 Å². The molecule has 13 heavy (non-hydrogen) atoms. The summed E-state index contributed by atoms with van der Waals surface area (Å²) in [4.78, 5) is 4.19. The van der Waals surface area contributed by atoms with Crippen LogP contribution in [0.15, 0.2) is 10.6 Å². The Morgan fingerprint density at radius 2 is 2.46 bits per heavy atom. The van der Waals surface area contributed by atoms with Crippen molar-refractivity contribution in [2.45, 2.75) is 32.1 Å². The van der Waals surface area contributed by atoms with Gasteiger partial charge in [-0.15, -0.1) is 0 Å². The van der Waals surface area contributed by atoms with Crippen molar-refractivity contribution in [3.05, 3.63) is 17.8 Å². The number of hydrogen-bond donors (Lipinski definition) is 1. The highest BCUT2D eigenvalue weighted by molar-refractivity contribution is 5.05. The van der Waals surface area contributed by atoms with E-state index in [0.717, 1.165) is 24.0 Å². The van der Waals surface area contributed by atoms with E-state index in [1.165, 1.54) is 12.8 Å². The summed E-state index contributed by atoms with van der Waals surface area (Å²) in [5.74, 6) is 3.19. The van der Waals surface area contributed by atoms with E-state index in [9.17, 15) is 0 Å². The fourth-order valence-corrected chi connectivity index (χ4v) is 1.60. The molecule has 1 fully saturated rings. The van der Waals surface area contributed by atoms with Gasteiger partial charge < -0.3 is 10.2 Å². The third kappa shape index (κ3) is 1.91. The SMILES string of the molecule is CC(c1cnc(CCN)o1)C1CC1. The lowest BCUT2D eigenvalue weighted by Gasteiger charge is -2.03. The van der Waals surface area contributed by atoms with Crippen LogP contribution in [-0.4, -0.2) is 11.5 Å². The summed E-state index contributed by atoms with van der Waals surface area (Å²) in [5, 5.41) is 0. The lowest BCUT2D eigenvalue weighted by Crippen LogP contribution is -2.02. The van der Waals surface area contributed by atoms with E-state index in [1.54, 1.807) is 0 Å². The number of hydrogen-bond acceptors (Lipinski definition) is 3. The summed E-state index contributed by atoms with van der Waals surface area (Å²) in [7, 11) is 0. The smallest absolute Gasteiger partial charge is 0.195 e. The van der Waals surface area contributed by atoms with Gasteiger partial charge in [0.2, 0.25) is 0 Å². The van der Waals surface area contributed by atoms with Crippen molar-refractivity contribution in [3.63, 3.8) is 0 Å². The maximum Gasteiger partial charge on any atom is 0.195 e. The Balaban J connectivity index is 2.03. The second-order valence-corrected chi connectivity index (χ2v) is 3.82. The third-order valence-electron chi connectivity index (χ3n) is 2.71. The van der Waals surface area contributed by atoms with Crippen LogP contribution in [0.5, 0.6) is 0 Å². The minimum absolute atomic E-state index is 0.541. The second kappa shape index (κ2) is 3.50. The van der Waals surface area contributed by atoms with Crippen molar-refractivity contribution < 1.29 is 4.42 Å². The van der Waals surface area contributed by atoms with Gasteiger partial charge in [-0.25, -0.2) is 4.98 Å². The molecule has 0 radical (unpaired) electrons. The molecule has 0 spiro atoms. The fraction of sp³-hybridized carbons (Fsp3) is 0.700. The maximum atomic E-state index is 5.60. The number of aromatic nitrogens is 1. The van der Waals surface area contributed by atoms with Crippen LogP contribution < -0.4 is 5.73 Å². The standard InChI is InChI=1S/C10H16N2O/c1-7(8-2-3-8)9-6-12-10(13-9)4-5-11/h6-8H,2-5,11H2,1H3. The molecule has 1 heterocycles. The molecule has 3 nitrogen and oxygen atoms in total. The average Bonchev–Trinajstić information content (AvgIpc) is 2.87. The van der Waals surface area contributed by atoms with Crippen molar-refractivity contribution in [2.75, 3.05) is 6.54 Å². The molecule has 3 heteroatoms. The molecule has 2 rings (SSSR count). The van der Waals surface area contributed by atoms with Gasteiger partial charge >= 0.3 is 0 Å². The van der Waals surface area contributed by atoms with Crippen LogP contribution in [0.1, 0.15) is 37.3 Å². The first-order valence-electron chi connectivity index (χ1n) is 4.96. The van der Waals surface area contributed by atoms with E-state index in [-0.39, 0.29) is 0 Å². The van der Waals surface area contributed by atoms with Crippen molar-refractivity contribution in [1.82, 2.24) is 4.98 Å². The summed E-state index contributed by atoms with van der Waals surface area (Å²) in [6, 6.07) is 0. The average molecular weight is 180 g/mol. The van der Waals surface area contributed by atoms with E-state index in [1.807, 2.05) is 6.20 Å². The first kappa shape index (κ1) is 8.75. The maximum absolute atomic E-state index is 5.60. The molecule has 2 N–H and O–H groups in total. The van der Waals surface area contributed by atoms with E-state index < -0.39 is 0 Å². The van der Waals surface area contributed by atoms with Gasteiger partial charge in [-0.05, 0) is 18.8 Å². The number of nitrogens with zero attached hydrogens (tertiary/aromatic N) is 1. The predicted octanol–water partition coefficient (Wildman–Crippen LogP) is 1.69. The second-order valence-electron chi connectivity index (χ2n) is 3.82. The molecule has 0 bridgehead atoms.